The molecule has 0 unspecified atom stereocenters. The van der Waals surface area contributed by atoms with Gasteiger partial charge in [-0.15, -0.1) is 0 Å². The van der Waals surface area contributed by atoms with Crippen molar-refractivity contribution in [3.05, 3.63) is 63.6 Å². The van der Waals surface area contributed by atoms with E-state index >= 15 is 0 Å². The minimum Gasteiger partial charge on any atom is -0.305 e. The molecule has 1 aromatic carbocycles. The van der Waals surface area contributed by atoms with Crippen LogP contribution in [0, 0.1) is 13.8 Å². The van der Waals surface area contributed by atoms with Gasteiger partial charge in [0.1, 0.15) is 5.82 Å². The Bertz CT molecular complexity index is 976. The zero-order chi connectivity index (χ0) is 16.6. The minimum absolute atomic E-state index is 0.145. The van der Waals surface area contributed by atoms with E-state index in [1.54, 1.807) is 25.4 Å². The fraction of sp³-hybridized carbons (Fsp3) is 0.176. The summed E-state index contributed by atoms with van der Waals surface area (Å²) in [5.74, 6) is -0.171. The lowest BCUT2D eigenvalue weighted by atomic mass is 10.1. The summed E-state index contributed by atoms with van der Waals surface area (Å²) in [7, 11) is 1.71. The zero-order valence-corrected chi connectivity index (χ0v) is 13.1. The molecule has 2 aromatic heterocycles. The van der Waals surface area contributed by atoms with Gasteiger partial charge in [-0.3, -0.25) is 14.3 Å². The Morgan fingerprint density at radius 1 is 1.13 bits per heavy atom. The summed E-state index contributed by atoms with van der Waals surface area (Å²) in [6.45, 7) is 3.79. The number of carbonyl (C=O) groups is 1. The quantitative estimate of drug-likeness (QED) is 0.787. The molecule has 6 nitrogen and oxygen atoms in total. The van der Waals surface area contributed by atoms with Crippen molar-refractivity contribution in [1.82, 2.24) is 14.8 Å². The molecule has 0 aliphatic heterocycles. The zero-order valence-electron chi connectivity index (χ0n) is 13.1. The van der Waals surface area contributed by atoms with Gasteiger partial charge in [0, 0.05) is 13.2 Å². The van der Waals surface area contributed by atoms with Gasteiger partial charge in [-0.1, -0.05) is 11.6 Å². The third-order valence-corrected chi connectivity index (χ3v) is 3.58. The third kappa shape index (κ3) is 2.83. The molecule has 23 heavy (non-hydrogen) atoms. The van der Waals surface area contributed by atoms with E-state index in [9.17, 15) is 9.59 Å². The molecule has 2 heterocycles. The SMILES string of the molecule is Cc1ccnc(NC(=O)c2nn(C)c3ccc(C)cc3c2=O)c1. The number of nitrogens with zero attached hydrogens (tertiary/aromatic N) is 3. The first-order chi connectivity index (χ1) is 11.0. The number of rotatable bonds is 2. The Labute approximate surface area is 132 Å². The van der Waals surface area contributed by atoms with Crippen LogP contribution in [0.4, 0.5) is 5.82 Å². The first-order valence-electron chi connectivity index (χ1n) is 7.17. The second-order valence-electron chi connectivity index (χ2n) is 5.49. The molecule has 0 bridgehead atoms. The second-order valence-corrected chi connectivity index (χ2v) is 5.49. The van der Waals surface area contributed by atoms with Crippen molar-refractivity contribution in [2.24, 2.45) is 7.05 Å². The predicted octanol–water partition coefficient (Wildman–Crippen LogP) is 2.20. The Morgan fingerprint density at radius 2 is 1.87 bits per heavy atom. The normalized spacial score (nSPS) is 10.7. The van der Waals surface area contributed by atoms with Crippen LogP contribution in [0.25, 0.3) is 10.9 Å². The summed E-state index contributed by atoms with van der Waals surface area (Å²) in [5.41, 5.74) is 2.07. The Hall–Kier alpha value is -3.02. The fourth-order valence-corrected chi connectivity index (χ4v) is 2.42. The van der Waals surface area contributed by atoms with Crippen molar-refractivity contribution >= 4 is 22.6 Å². The van der Waals surface area contributed by atoms with Crippen molar-refractivity contribution in [1.29, 1.82) is 0 Å². The molecule has 0 saturated heterocycles. The third-order valence-electron chi connectivity index (χ3n) is 3.58. The number of nitrogens with one attached hydrogen (secondary N) is 1. The lowest BCUT2D eigenvalue weighted by Crippen LogP contribution is -2.26. The lowest BCUT2D eigenvalue weighted by molar-refractivity contribution is 0.101. The highest BCUT2D eigenvalue weighted by Crippen LogP contribution is 2.12. The Morgan fingerprint density at radius 3 is 2.61 bits per heavy atom. The van der Waals surface area contributed by atoms with E-state index < -0.39 is 5.91 Å². The molecule has 6 heteroatoms. The van der Waals surface area contributed by atoms with Gasteiger partial charge in [-0.25, -0.2) is 4.98 Å². The van der Waals surface area contributed by atoms with Crippen molar-refractivity contribution in [2.45, 2.75) is 13.8 Å². The highest BCUT2D eigenvalue weighted by molar-refractivity contribution is 6.03. The summed E-state index contributed by atoms with van der Waals surface area (Å²) in [5, 5.41) is 7.21. The van der Waals surface area contributed by atoms with E-state index in [2.05, 4.69) is 15.4 Å². The van der Waals surface area contributed by atoms with Crippen molar-refractivity contribution in [3.8, 4) is 0 Å². The molecule has 0 spiro atoms. The Kier molecular flexibility index (Phi) is 3.65. The van der Waals surface area contributed by atoms with Gasteiger partial charge in [-0.05, 0) is 43.7 Å². The topological polar surface area (TPSA) is 76.9 Å². The molecule has 0 fully saturated rings. The van der Waals surface area contributed by atoms with Crippen molar-refractivity contribution < 1.29 is 4.79 Å². The van der Waals surface area contributed by atoms with Crippen LogP contribution >= 0.6 is 0 Å². The monoisotopic (exact) mass is 308 g/mol. The lowest BCUT2D eigenvalue weighted by Gasteiger charge is -2.09. The van der Waals surface area contributed by atoms with E-state index in [1.807, 2.05) is 32.0 Å². The van der Waals surface area contributed by atoms with Crippen LogP contribution in [0.1, 0.15) is 21.6 Å². The average Bonchev–Trinajstić information content (AvgIpc) is 2.50. The van der Waals surface area contributed by atoms with Gasteiger partial charge in [0.15, 0.2) is 5.69 Å². The number of hydrogen-bond donors (Lipinski definition) is 1. The molecule has 1 N–H and O–H groups in total. The second kappa shape index (κ2) is 5.64. The molecule has 0 saturated carbocycles. The van der Waals surface area contributed by atoms with E-state index in [0.717, 1.165) is 11.1 Å². The molecule has 0 aliphatic rings. The van der Waals surface area contributed by atoms with Gasteiger partial charge >= 0.3 is 0 Å². The number of carbonyl (C=O) groups excluding carboxylic acids is 1. The van der Waals surface area contributed by atoms with Crippen LogP contribution in [0.5, 0.6) is 0 Å². The Balaban J connectivity index is 2.07. The molecular formula is C17H16N4O2. The number of aryl methyl sites for hydroxylation is 3. The van der Waals surface area contributed by atoms with Crippen LogP contribution in [0.15, 0.2) is 41.3 Å². The largest absolute Gasteiger partial charge is 0.305 e. The van der Waals surface area contributed by atoms with Gasteiger partial charge in [0.2, 0.25) is 5.43 Å². The maximum Gasteiger partial charge on any atom is 0.281 e. The molecule has 0 radical (unpaired) electrons. The number of aromatic nitrogens is 3. The number of benzene rings is 1. The summed E-state index contributed by atoms with van der Waals surface area (Å²) in [6.07, 6.45) is 1.60. The summed E-state index contributed by atoms with van der Waals surface area (Å²) < 4.78 is 1.54. The maximum absolute atomic E-state index is 12.6. The number of pyridine rings is 1. The van der Waals surface area contributed by atoms with Crippen LogP contribution in [0.3, 0.4) is 0 Å². The van der Waals surface area contributed by atoms with Gasteiger partial charge in [0.05, 0.1) is 10.9 Å². The molecule has 0 atom stereocenters. The van der Waals surface area contributed by atoms with E-state index in [-0.39, 0.29) is 11.1 Å². The molecule has 1 amide bonds. The number of anilines is 1. The van der Waals surface area contributed by atoms with Crippen molar-refractivity contribution in [3.63, 3.8) is 0 Å². The highest BCUT2D eigenvalue weighted by Gasteiger charge is 2.17. The summed E-state index contributed by atoms with van der Waals surface area (Å²) in [6, 6.07) is 9.04. The standard InChI is InChI=1S/C17H16N4O2/c1-10-4-5-13-12(8-10)16(22)15(20-21(13)3)17(23)19-14-9-11(2)6-7-18-14/h4-9H,1-3H3,(H,18,19,23). The van der Waals surface area contributed by atoms with Gasteiger partial charge < -0.3 is 5.32 Å². The molecule has 3 rings (SSSR count). The summed E-state index contributed by atoms with van der Waals surface area (Å²) >= 11 is 0. The molecule has 116 valence electrons. The smallest absolute Gasteiger partial charge is 0.281 e. The molecule has 0 aliphatic carbocycles. The maximum atomic E-state index is 12.6. The number of amides is 1. The average molecular weight is 308 g/mol. The number of hydrogen-bond acceptors (Lipinski definition) is 4. The first-order valence-corrected chi connectivity index (χ1v) is 7.17. The van der Waals surface area contributed by atoms with Crippen LogP contribution in [-0.4, -0.2) is 20.7 Å². The van der Waals surface area contributed by atoms with Crippen LogP contribution < -0.4 is 10.7 Å². The van der Waals surface area contributed by atoms with Gasteiger partial charge in [0.25, 0.3) is 5.91 Å². The number of fused-ring (bicyclic) bond motifs is 1. The first kappa shape index (κ1) is 14.9. The minimum atomic E-state index is -0.563. The predicted molar refractivity (Wildman–Crippen MR) is 88.6 cm³/mol. The van der Waals surface area contributed by atoms with E-state index in [1.165, 1.54) is 4.68 Å². The van der Waals surface area contributed by atoms with Crippen LogP contribution in [-0.2, 0) is 7.05 Å². The van der Waals surface area contributed by atoms with E-state index in [4.69, 9.17) is 0 Å². The summed E-state index contributed by atoms with van der Waals surface area (Å²) in [4.78, 5) is 29.0. The molecular weight excluding hydrogens is 292 g/mol. The van der Waals surface area contributed by atoms with Gasteiger partial charge in [-0.2, -0.15) is 5.10 Å². The van der Waals surface area contributed by atoms with Crippen molar-refractivity contribution in [2.75, 3.05) is 5.32 Å². The highest BCUT2D eigenvalue weighted by atomic mass is 16.2. The fourth-order valence-electron chi connectivity index (χ4n) is 2.42. The van der Waals surface area contributed by atoms with Crippen LogP contribution in [0.2, 0.25) is 0 Å². The van der Waals surface area contributed by atoms with E-state index in [0.29, 0.717) is 16.7 Å². The molecule has 3 aromatic rings.